The van der Waals surface area contributed by atoms with E-state index >= 15 is 0 Å². The summed E-state index contributed by atoms with van der Waals surface area (Å²) in [7, 11) is 1.67. The van der Waals surface area contributed by atoms with Crippen LogP contribution in [0.3, 0.4) is 0 Å². The topological polar surface area (TPSA) is 55.4 Å². The standard InChI is InChI=1S/C20H28O6/c1-19(2)23-15-14(11-8-12-6-9-13(21-5)10-7-12)22-18-17(16(15)24-19)25-20(3,4)26-18/h6-7,9-10,14-18H,8,11H2,1-5H3/t14-,15+,16+,17-,18-/m1/s1. The van der Waals surface area contributed by atoms with Crippen molar-refractivity contribution >= 4 is 0 Å². The molecule has 0 unspecified atom stereocenters. The summed E-state index contributed by atoms with van der Waals surface area (Å²) in [5.74, 6) is -0.471. The maximum absolute atomic E-state index is 6.24. The van der Waals surface area contributed by atoms with Crippen LogP contribution in [0.25, 0.3) is 0 Å². The molecule has 0 aliphatic carbocycles. The van der Waals surface area contributed by atoms with E-state index in [9.17, 15) is 0 Å². The average Bonchev–Trinajstić information content (AvgIpc) is 3.07. The summed E-state index contributed by atoms with van der Waals surface area (Å²) in [6.45, 7) is 7.66. The Morgan fingerprint density at radius 1 is 0.846 bits per heavy atom. The highest BCUT2D eigenvalue weighted by atomic mass is 16.9. The van der Waals surface area contributed by atoms with Gasteiger partial charge in [-0.25, -0.2) is 0 Å². The van der Waals surface area contributed by atoms with E-state index in [2.05, 4.69) is 12.1 Å². The molecule has 3 saturated heterocycles. The number of hydrogen-bond donors (Lipinski definition) is 0. The first-order chi connectivity index (χ1) is 12.3. The molecule has 0 N–H and O–H groups in total. The molecule has 3 aliphatic heterocycles. The molecule has 0 bridgehead atoms. The molecule has 0 saturated carbocycles. The Hall–Kier alpha value is -1.18. The number of rotatable bonds is 4. The van der Waals surface area contributed by atoms with Crippen LogP contribution in [0, 0.1) is 0 Å². The molecular formula is C20H28O6. The van der Waals surface area contributed by atoms with Gasteiger partial charge in [-0.3, -0.25) is 0 Å². The summed E-state index contributed by atoms with van der Waals surface area (Å²) >= 11 is 0. The third-order valence-electron chi connectivity index (χ3n) is 5.13. The zero-order valence-electron chi connectivity index (χ0n) is 16.1. The van der Waals surface area contributed by atoms with Gasteiger partial charge in [-0.05, 0) is 58.2 Å². The molecule has 3 fully saturated rings. The lowest BCUT2D eigenvalue weighted by Gasteiger charge is -2.37. The van der Waals surface area contributed by atoms with Crippen molar-refractivity contribution in [2.45, 2.75) is 82.8 Å². The number of fused-ring (bicyclic) bond motifs is 3. The molecule has 0 aromatic heterocycles. The SMILES string of the molecule is COc1ccc(CC[C@H]2O[C@@H]3OC(C)(C)O[C@@H]3[C@H]3OC(C)(C)O[C@H]32)cc1. The maximum Gasteiger partial charge on any atom is 0.190 e. The van der Waals surface area contributed by atoms with E-state index in [0.29, 0.717) is 0 Å². The van der Waals surface area contributed by atoms with Crippen LogP contribution in [0.15, 0.2) is 24.3 Å². The van der Waals surface area contributed by atoms with Crippen molar-refractivity contribution in [1.82, 2.24) is 0 Å². The largest absolute Gasteiger partial charge is 0.497 e. The van der Waals surface area contributed by atoms with Crippen LogP contribution in [0.1, 0.15) is 39.7 Å². The van der Waals surface area contributed by atoms with Gasteiger partial charge in [0.2, 0.25) is 0 Å². The second-order valence-corrected chi connectivity index (χ2v) is 8.09. The van der Waals surface area contributed by atoms with Gasteiger partial charge >= 0.3 is 0 Å². The second-order valence-electron chi connectivity index (χ2n) is 8.09. The fourth-order valence-corrected chi connectivity index (χ4v) is 4.03. The van der Waals surface area contributed by atoms with Crippen molar-refractivity contribution in [3.8, 4) is 5.75 Å². The predicted octanol–water partition coefficient (Wildman–Crippen LogP) is 3.02. The van der Waals surface area contributed by atoms with Gasteiger partial charge < -0.3 is 28.4 Å². The summed E-state index contributed by atoms with van der Waals surface area (Å²) in [5, 5.41) is 0. The quantitative estimate of drug-likeness (QED) is 0.819. The van der Waals surface area contributed by atoms with E-state index in [-0.39, 0.29) is 24.4 Å². The molecule has 6 heteroatoms. The number of methoxy groups -OCH3 is 1. The minimum Gasteiger partial charge on any atom is -0.497 e. The Balaban J connectivity index is 1.48. The molecule has 26 heavy (non-hydrogen) atoms. The van der Waals surface area contributed by atoms with Gasteiger partial charge in [0.1, 0.15) is 24.1 Å². The smallest absolute Gasteiger partial charge is 0.190 e. The number of aryl methyl sites for hydroxylation is 1. The fraction of sp³-hybridized carbons (Fsp3) is 0.700. The zero-order valence-corrected chi connectivity index (χ0v) is 16.1. The third-order valence-corrected chi connectivity index (χ3v) is 5.13. The van der Waals surface area contributed by atoms with E-state index in [4.69, 9.17) is 28.4 Å². The van der Waals surface area contributed by atoms with Crippen molar-refractivity contribution in [2.24, 2.45) is 0 Å². The first kappa shape index (κ1) is 18.2. The monoisotopic (exact) mass is 364 g/mol. The number of benzene rings is 1. The zero-order chi connectivity index (χ0) is 18.5. The molecule has 0 amide bonds. The Morgan fingerprint density at radius 3 is 2.15 bits per heavy atom. The average molecular weight is 364 g/mol. The van der Waals surface area contributed by atoms with Gasteiger partial charge in [-0.1, -0.05) is 12.1 Å². The van der Waals surface area contributed by atoms with Gasteiger partial charge in [0.25, 0.3) is 0 Å². The van der Waals surface area contributed by atoms with Crippen LogP contribution in [0.5, 0.6) is 5.75 Å². The van der Waals surface area contributed by atoms with Crippen molar-refractivity contribution < 1.29 is 28.4 Å². The van der Waals surface area contributed by atoms with Crippen LogP contribution < -0.4 is 4.74 Å². The predicted molar refractivity (Wildman–Crippen MR) is 93.8 cm³/mol. The van der Waals surface area contributed by atoms with Crippen LogP contribution in [-0.4, -0.2) is 49.4 Å². The normalized spacial score (nSPS) is 37.2. The van der Waals surface area contributed by atoms with Crippen molar-refractivity contribution in [2.75, 3.05) is 7.11 Å². The van der Waals surface area contributed by atoms with Crippen molar-refractivity contribution in [3.63, 3.8) is 0 Å². The highest BCUT2D eigenvalue weighted by Gasteiger charge is 2.60. The minimum atomic E-state index is -0.680. The van der Waals surface area contributed by atoms with Gasteiger partial charge in [0.05, 0.1) is 13.2 Å². The molecule has 144 valence electrons. The second kappa shape index (κ2) is 6.46. The first-order valence-electron chi connectivity index (χ1n) is 9.26. The lowest BCUT2D eigenvalue weighted by molar-refractivity contribution is -0.234. The fourth-order valence-electron chi connectivity index (χ4n) is 4.03. The molecule has 3 heterocycles. The number of ether oxygens (including phenoxy) is 6. The third kappa shape index (κ3) is 3.49. The molecule has 6 nitrogen and oxygen atoms in total. The van der Waals surface area contributed by atoms with Crippen LogP contribution in [-0.2, 0) is 30.1 Å². The molecule has 0 spiro atoms. The molecule has 1 aromatic rings. The minimum absolute atomic E-state index is 0.109. The van der Waals surface area contributed by atoms with Crippen molar-refractivity contribution in [1.29, 1.82) is 0 Å². The number of hydrogen-bond acceptors (Lipinski definition) is 6. The van der Waals surface area contributed by atoms with Crippen LogP contribution >= 0.6 is 0 Å². The van der Waals surface area contributed by atoms with E-state index in [1.165, 1.54) is 5.56 Å². The Labute approximate surface area is 154 Å². The molecule has 0 radical (unpaired) electrons. The highest BCUT2D eigenvalue weighted by molar-refractivity contribution is 5.27. The Bertz CT molecular complexity index is 640. The van der Waals surface area contributed by atoms with E-state index in [1.54, 1.807) is 7.11 Å². The molecule has 3 aliphatic rings. The molecular weight excluding hydrogens is 336 g/mol. The van der Waals surface area contributed by atoms with Gasteiger partial charge in [0, 0.05) is 0 Å². The van der Waals surface area contributed by atoms with Gasteiger partial charge in [0.15, 0.2) is 17.9 Å². The van der Waals surface area contributed by atoms with E-state index in [0.717, 1.165) is 18.6 Å². The summed E-state index contributed by atoms with van der Waals surface area (Å²) in [6, 6.07) is 8.11. The molecule has 1 aromatic carbocycles. The lowest BCUT2D eigenvalue weighted by Crippen LogP contribution is -2.55. The first-order valence-corrected chi connectivity index (χ1v) is 9.26. The summed E-state index contributed by atoms with van der Waals surface area (Å²) in [5.41, 5.74) is 1.23. The highest BCUT2D eigenvalue weighted by Crippen LogP contribution is 2.44. The van der Waals surface area contributed by atoms with E-state index < -0.39 is 17.9 Å². The molecule has 4 rings (SSSR count). The van der Waals surface area contributed by atoms with Gasteiger partial charge in [-0.2, -0.15) is 0 Å². The van der Waals surface area contributed by atoms with Crippen molar-refractivity contribution in [3.05, 3.63) is 29.8 Å². The summed E-state index contributed by atoms with van der Waals surface area (Å²) < 4.78 is 35.7. The Morgan fingerprint density at radius 2 is 1.46 bits per heavy atom. The lowest BCUT2D eigenvalue weighted by atomic mass is 9.94. The van der Waals surface area contributed by atoms with Crippen LogP contribution in [0.2, 0.25) is 0 Å². The molecule has 5 atom stereocenters. The summed E-state index contributed by atoms with van der Waals surface area (Å²) in [6.07, 6.45) is 0.540. The maximum atomic E-state index is 6.24. The van der Waals surface area contributed by atoms with E-state index in [1.807, 2.05) is 39.8 Å². The Kier molecular flexibility index (Phi) is 4.52. The summed E-state index contributed by atoms with van der Waals surface area (Å²) in [4.78, 5) is 0. The van der Waals surface area contributed by atoms with Gasteiger partial charge in [-0.15, -0.1) is 0 Å². The van der Waals surface area contributed by atoms with Crippen LogP contribution in [0.4, 0.5) is 0 Å².